The maximum absolute atomic E-state index is 13.8. The van der Waals surface area contributed by atoms with E-state index in [2.05, 4.69) is 5.32 Å². The number of rotatable bonds is 10. The lowest BCUT2D eigenvalue weighted by Gasteiger charge is -2.32. The van der Waals surface area contributed by atoms with Gasteiger partial charge < -0.3 is 15.0 Å². The zero-order valence-corrected chi connectivity index (χ0v) is 23.9. The Hall–Kier alpha value is -2.98. The van der Waals surface area contributed by atoms with Crippen LogP contribution in [0.15, 0.2) is 71.6 Å². The van der Waals surface area contributed by atoms with E-state index in [9.17, 15) is 18.0 Å². The summed E-state index contributed by atoms with van der Waals surface area (Å²) in [6, 6.07) is 15.7. The highest BCUT2D eigenvalue weighted by molar-refractivity contribution is 7.92. The minimum atomic E-state index is -4.22. The number of hydrogen-bond acceptors (Lipinski definition) is 5. The molecule has 8 nitrogen and oxygen atoms in total. The van der Waals surface area contributed by atoms with Gasteiger partial charge in [0.15, 0.2) is 0 Å². The summed E-state index contributed by atoms with van der Waals surface area (Å²) in [5, 5.41) is 3.64. The Morgan fingerprint density at radius 1 is 0.947 bits per heavy atom. The van der Waals surface area contributed by atoms with Crippen LogP contribution in [0.1, 0.15) is 12.5 Å². The van der Waals surface area contributed by atoms with Gasteiger partial charge in [-0.3, -0.25) is 13.9 Å². The second-order valence-electron chi connectivity index (χ2n) is 8.21. The molecule has 2 amide bonds. The Morgan fingerprint density at radius 2 is 1.55 bits per heavy atom. The van der Waals surface area contributed by atoms with E-state index >= 15 is 0 Å². The molecule has 0 spiro atoms. The molecule has 3 aromatic rings. The molecule has 38 heavy (non-hydrogen) atoms. The molecule has 0 aromatic heterocycles. The Balaban J connectivity index is 2.04. The number of nitrogens with one attached hydrogen (secondary N) is 1. The van der Waals surface area contributed by atoms with Crippen molar-refractivity contribution in [2.24, 2.45) is 0 Å². The largest absolute Gasteiger partial charge is 0.497 e. The molecule has 0 saturated carbocycles. The van der Waals surface area contributed by atoms with Crippen molar-refractivity contribution >= 4 is 62.3 Å². The Labute approximate surface area is 237 Å². The first-order valence-corrected chi connectivity index (χ1v) is 13.9. The molecule has 0 unspecified atom stereocenters. The van der Waals surface area contributed by atoms with Gasteiger partial charge in [0.05, 0.1) is 17.7 Å². The van der Waals surface area contributed by atoms with Crippen LogP contribution >= 0.6 is 34.8 Å². The van der Waals surface area contributed by atoms with E-state index in [0.29, 0.717) is 26.4 Å². The van der Waals surface area contributed by atoms with Crippen LogP contribution in [-0.4, -0.2) is 51.9 Å². The summed E-state index contributed by atoms with van der Waals surface area (Å²) in [4.78, 5) is 27.5. The van der Waals surface area contributed by atoms with Gasteiger partial charge in [-0.2, -0.15) is 0 Å². The molecule has 0 aliphatic carbocycles. The SMILES string of the molecule is CNC(=O)[C@@H](C)N(Cc1ccc(Cl)cc1Cl)C(=O)CN(c1ccc(Cl)cc1)S(=O)(=O)c1ccc(OC)cc1. The highest BCUT2D eigenvalue weighted by Crippen LogP contribution is 2.28. The third-order valence-corrected chi connectivity index (χ3v) is 8.44. The van der Waals surface area contributed by atoms with Gasteiger partial charge in [-0.15, -0.1) is 0 Å². The number of nitrogens with zero attached hydrogens (tertiary/aromatic N) is 2. The summed E-state index contributed by atoms with van der Waals surface area (Å²) >= 11 is 18.4. The number of methoxy groups -OCH3 is 1. The van der Waals surface area contributed by atoms with Crippen LogP contribution in [0.5, 0.6) is 5.75 Å². The van der Waals surface area contributed by atoms with Crippen LogP contribution in [0.4, 0.5) is 5.69 Å². The lowest BCUT2D eigenvalue weighted by atomic mass is 10.1. The van der Waals surface area contributed by atoms with Crippen molar-refractivity contribution in [3.8, 4) is 5.75 Å². The van der Waals surface area contributed by atoms with E-state index in [1.165, 1.54) is 73.7 Å². The first-order chi connectivity index (χ1) is 18.0. The third kappa shape index (κ3) is 6.91. The summed E-state index contributed by atoms with van der Waals surface area (Å²) in [5.41, 5.74) is 0.756. The van der Waals surface area contributed by atoms with Crippen LogP contribution in [-0.2, 0) is 26.2 Å². The summed E-state index contributed by atoms with van der Waals surface area (Å²) < 4.78 is 33.6. The minimum Gasteiger partial charge on any atom is -0.497 e. The van der Waals surface area contributed by atoms with Crippen molar-refractivity contribution in [3.05, 3.63) is 87.4 Å². The molecule has 0 saturated heterocycles. The van der Waals surface area contributed by atoms with Crippen LogP contribution in [0.2, 0.25) is 15.1 Å². The molecule has 0 bridgehead atoms. The predicted molar refractivity (Wildman–Crippen MR) is 150 cm³/mol. The van der Waals surface area contributed by atoms with Gasteiger partial charge in [0.1, 0.15) is 18.3 Å². The maximum Gasteiger partial charge on any atom is 0.264 e. The number of hydrogen-bond donors (Lipinski definition) is 1. The topological polar surface area (TPSA) is 96.0 Å². The Morgan fingerprint density at radius 3 is 2.11 bits per heavy atom. The van der Waals surface area contributed by atoms with Gasteiger partial charge in [0.25, 0.3) is 10.0 Å². The smallest absolute Gasteiger partial charge is 0.264 e. The van der Waals surface area contributed by atoms with Crippen LogP contribution in [0, 0.1) is 0 Å². The molecular formula is C26H26Cl3N3O5S. The average molecular weight is 599 g/mol. The summed E-state index contributed by atoms with van der Waals surface area (Å²) in [5.74, 6) is -0.581. The number of benzene rings is 3. The molecule has 0 radical (unpaired) electrons. The van der Waals surface area contributed by atoms with Gasteiger partial charge in [-0.1, -0.05) is 40.9 Å². The first-order valence-electron chi connectivity index (χ1n) is 11.3. The normalized spacial score (nSPS) is 11.9. The first kappa shape index (κ1) is 29.6. The highest BCUT2D eigenvalue weighted by atomic mass is 35.5. The molecule has 12 heteroatoms. The highest BCUT2D eigenvalue weighted by Gasteiger charge is 2.32. The molecular weight excluding hydrogens is 573 g/mol. The number of amides is 2. The molecule has 1 atom stereocenters. The van der Waals surface area contributed by atoms with E-state index in [0.717, 1.165) is 4.31 Å². The predicted octanol–water partition coefficient (Wildman–Crippen LogP) is 5.01. The van der Waals surface area contributed by atoms with Crippen molar-refractivity contribution < 1.29 is 22.7 Å². The quantitative estimate of drug-likeness (QED) is 0.354. The molecule has 1 N–H and O–H groups in total. The second kappa shape index (κ2) is 12.7. The van der Waals surface area contributed by atoms with Crippen molar-refractivity contribution in [1.29, 1.82) is 0 Å². The molecule has 3 rings (SSSR count). The van der Waals surface area contributed by atoms with Gasteiger partial charge in [0.2, 0.25) is 11.8 Å². The van der Waals surface area contributed by atoms with E-state index in [-0.39, 0.29) is 17.1 Å². The molecule has 3 aromatic carbocycles. The zero-order chi connectivity index (χ0) is 28.0. The van der Waals surface area contributed by atoms with Gasteiger partial charge in [-0.25, -0.2) is 8.42 Å². The number of anilines is 1. The van der Waals surface area contributed by atoms with Crippen molar-refractivity contribution in [1.82, 2.24) is 10.2 Å². The van der Waals surface area contributed by atoms with Gasteiger partial charge in [0, 0.05) is 28.7 Å². The standard InChI is InChI=1S/C26H26Cl3N3O5S/c1-17(26(34)30-2)31(15-18-4-5-20(28)14-24(18)29)25(33)16-32(21-8-6-19(27)7-9-21)38(35,36)23-12-10-22(37-3)11-13-23/h4-14,17H,15-16H2,1-3H3,(H,30,34)/t17-/m1/s1. The summed E-state index contributed by atoms with van der Waals surface area (Å²) in [6.07, 6.45) is 0. The number of likely N-dealkylation sites (N-methyl/N-ethyl adjacent to an activating group) is 1. The van der Waals surface area contributed by atoms with E-state index in [1.807, 2.05) is 0 Å². The molecule has 202 valence electrons. The molecule has 0 fully saturated rings. The van der Waals surface area contributed by atoms with Crippen LogP contribution < -0.4 is 14.4 Å². The number of halogens is 3. The second-order valence-corrected chi connectivity index (χ2v) is 11.4. The van der Waals surface area contributed by atoms with Crippen LogP contribution in [0.25, 0.3) is 0 Å². The van der Waals surface area contributed by atoms with Crippen molar-refractivity contribution in [3.63, 3.8) is 0 Å². The minimum absolute atomic E-state index is 0.0484. The number of carbonyl (C=O) groups excluding carboxylic acids is 2. The number of carbonyl (C=O) groups is 2. The molecule has 0 aliphatic rings. The monoisotopic (exact) mass is 597 g/mol. The lowest BCUT2D eigenvalue weighted by Crippen LogP contribution is -2.50. The Bertz CT molecular complexity index is 1400. The van der Waals surface area contributed by atoms with E-state index < -0.39 is 34.4 Å². The van der Waals surface area contributed by atoms with Gasteiger partial charge in [-0.05, 0) is 73.2 Å². The molecule has 0 aliphatic heterocycles. The third-order valence-electron chi connectivity index (χ3n) is 5.81. The lowest BCUT2D eigenvalue weighted by molar-refractivity contribution is -0.139. The van der Waals surface area contributed by atoms with E-state index in [4.69, 9.17) is 39.5 Å². The fourth-order valence-corrected chi connectivity index (χ4v) is 5.64. The summed E-state index contributed by atoms with van der Waals surface area (Å²) in [7, 11) is -1.30. The zero-order valence-electron chi connectivity index (χ0n) is 20.8. The fraction of sp³-hybridized carbons (Fsp3) is 0.231. The van der Waals surface area contributed by atoms with Gasteiger partial charge >= 0.3 is 0 Å². The fourth-order valence-electron chi connectivity index (χ4n) is 3.64. The average Bonchev–Trinajstić information content (AvgIpc) is 2.90. The van der Waals surface area contributed by atoms with E-state index in [1.54, 1.807) is 19.1 Å². The van der Waals surface area contributed by atoms with Crippen molar-refractivity contribution in [2.75, 3.05) is 25.0 Å². The number of ether oxygens (including phenoxy) is 1. The maximum atomic E-state index is 13.8. The summed E-state index contributed by atoms with van der Waals surface area (Å²) in [6.45, 7) is 0.897. The number of sulfonamides is 1. The Kier molecular flexibility index (Phi) is 9.89. The van der Waals surface area contributed by atoms with Crippen LogP contribution in [0.3, 0.4) is 0 Å². The van der Waals surface area contributed by atoms with Crippen molar-refractivity contribution in [2.45, 2.75) is 24.4 Å². The molecule has 0 heterocycles.